The number of likely N-dealkylation sites (N-methyl/N-ethyl adjacent to an activating group) is 1. The number of hydrogen-bond donors (Lipinski definition) is 1. The van der Waals surface area contributed by atoms with Crippen LogP contribution in [0.4, 0.5) is 0 Å². The highest BCUT2D eigenvalue weighted by Gasteiger charge is 2.41. The molecule has 1 saturated carbocycles. The maximum Gasteiger partial charge on any atom is 0.245 e. The Labute approximate surface area is 103 Å². The third kappa shape index (κ3) is 2.31. The van der Waals surface area contributed by atoms with E-state index in [1.165, 1.54) is 19.3 Å². The van der Waals surface area contributed by atoms with E-state index in [0.29, 0.717) is 12.3 Å². The quantitative estimate of drug-likeness (QED) is 0.788. The molecule has 1 N–H and O–H groups in total. The van der Waals surface area contributed by atoms with Crippen LogP contribution in [0.2, 0.25) is 0 Å². The van der Waals surface area contributed by atoms with E-state index < -0.39 is 0 Å². The summed E-state index contributed by atoms with van der Waals surface area (Å²) in [4.78, 5) is 25.9. The molecule has 0 aromatic rings. The summed E-state index contributed by atoms with van der Waals surface area (Å²) in [6, 6.07) is -0.544. The van der Waals surface area contributed by atoms with Crippen LogP contribution >= 0.6 is 0 Å². The molecule has 2 unspecified atom stereocenters. The lowest BCUT2D eigenvalue weighted by Gasteiger charge is -2.41. The Morgan fingerprint density at radius 2 is 1.88 bits per heavy atom. The van der Waals surface area contributed by atoms with Gasteiger partial charge in [-0.1, -0.05) is 26.2 Å². The molecule has 1 aliphatic carbocycles. The predicted molar refractivity (Wildman–Crippen MR) is 65.4 cm³/mol. The summed E-state index contributed by atoms with van der Waals surface area (Å²) < 4.78 is 0. The minimum atomic E-state index is -0.313. The van der Waals surface area contributed by atoms with E-state index in [4.69, 9.17) is 0 Å². The first-order chi connectivity index (χ1) is 8.15. The van der Waals surface area contributed by atoms with Gasteiger partial charge in [0.05, 0.1) is 0 Å². The fourth-order valence-electron chi connectivity index (χ4n) is 3.13. The molecule has 1 aliphatic heterocycles. The zero-order valence-corrected chi connectivity index (χ0v) is 10.7. The molecule has 0 spiro atoms. The van der Waals surface area contributed by atoms with Gasteiger partial charge < -0.3 is 10.2 Å². The Morgan fingerprint density at radius 3 is 2.47 bits per heavy atom. The molecule has 2 atom stereocenters. The third-order valence-electron chi connectivity index (χ3n) is 4.15. The number of nitrogens with one attached hydrogen (secondary N) is 1. The van der Waals surface area contributed by atoms with E-state index in [0.717, 1.165) is 12.8 Å². The van der Waals surface area contributed by atoms with E-state index in [2.05, 4.69) is 5.32 Å². The summed E-state index contributed by atoms with van der Waals surface area (Å²) in [6.45, 7) is 1.93. The number of carbonyl (C=O) groups is 2. The van der Waals surface area contributed by atoms with Gasteiger partial charge in [0, 0.05) is 7.05 Å². The number of hydrogen-bond acceptors (Lipinski definition) is 2. The Bertz CT molecular complexity index is 311. The van der Waals surface area contributed by atoms with Crippen LogP contribution in [0.15, 0.2) is 0 Å². The largest absolute Gasteiger partial charge is 0.343 e. The fourth-order valence-corrected chi connectivity index (χ4v) is 3.13. The van der Waals surface area contributed by atoms with E-state index in [1.54, 1.807) is 11.9 Å². The minimum Gasteiger partial charge on any atom is -0.343 e. The van der Waals surface area contributed by atoms with Crippen molar-refractivity contribution in [2.45, 2.75) is 57.5 Å². The van der Waals surface area contributed by atoms with Gasteiger partial charge in [-0.25, -0.2) is 0 Å². The van der Waals surface area contributed by atoms with Gasteiger partial charge in [0.25, 0.3) is 0 Å². The second-order valence-electron chi connectivity index (χ2n) is 5.26. The highest BCUT2D eigenvalue weighted by molar-refractivity contribution is 5.96. The standard InChI is InChI=1S/C13H22N2O2/c1-3-10-13(17)15(2)11(12(16)14-10)9-7-5-4-6-8-9/h9-11H,3-8H2,1-2H3,(H,14,16). The smallest absolute Gasteiger partial charge is 0.245 e. The zero-order chi connectivity index (χ0) is 12.4. The van der Waals surface area contributed by atoms with E-state index in [1.807, 2.05) is 6.92 Å². The van der Waals surface area contributed by atoms with Crippen LogP contribution in [-0.4, -0.2) is 35.8 Å². The molecule has 0 radical (unpaired) electrons. The highest BCUT2D eigenvalue weighted by atomic mass is 16.2. The van der Waals surface area contributed by atoms with Gasteiger partial charge in [-0.15, -0.1) is 0 Å². The Kier molecular flexibility index (Phi) is 3.69. The molecule has 0 aromatic carbocycles. The Balaban J connectivity index is 2.11. The van der Waals surface area contributed by atoms with Crippen molar-refractivity contribution in [2.75, 3.05) is 7.05 Å². The molecule has 2 fully saturated rings. The first kappa shape index (κ1) is 12.4. The topological polar surface area (TPSA) is 49.4 Å². The van der Waals surface area contributed by atoms with Gasteiger partial charge in [-0.3, -0.25) is 9.59 Å². The summed E-state index contributed by atoms with van der Waals surface area (Å²) in [5, 5.41) is 2.86. The molecule has 17 heavy (non-hydrogen) atoms. The summed E-state index contributed by atoms with van der Waals surface area (Å²) >= 11 is 0. The van der Waals surface area contributed by atoms with Crippen LogP contribution in [0.1, 0.15) is 45.4 Å². The Morgan fingerprint density at radius 1 is 1.24 bits per heavy atom. The maximum atomic E-state index is 12.1. The van der Waals surface area contributed by atoms with E-state index >= 15 is 0 Å². The van der Waals surface area contributed by atoms with Gasteiger partial charge in [0.1, 0.15) is 12.1 Å². The molecule has 2 rings (SSSR count). The van der Waals surface area contributed by atoms with Crippen molar-refractivity contribution in [3.05, 3.63) is 0 Å². The molecule has 4 heteroatoms. The lowest BCUT2D eigenvalue weighted by Crippen LogP contribution is -2.64. The van der Waals surface area contributed by atoms with Crippen LogP contribution in [0, 0.1) is 5.92 Å². The fraction of sp³-hybridized carbons (Fsp3) is 0.846. The molecule has 0 aromatic heterocycles. The molecule has 4 nitrogen and oxygen atoms in total. The molecule has 1 saturated heterocycles. The second-order valence-corrected chi connectivity index (χ2v) is 5.26. The maximum absolute atomic E-state index is 12.1. The molecular formula is C13H22N2O2. The third-order valence-corrected chi connectivity index (χ3v) is 4.15. The zero-order valence-electron chi connectivity index (χ0n) is 10.7. The van der Waals surface area contributed by atoms with Crippen LogP contribution in [-0.2, 0) is 9.59 Å². The van der Waals surface area contributed by atoms with Crippen molar-refractivity contribution in [3.63, 3.8) is 0 Å². The van der Waals surface area contributed by atoms with Gasteiger partial charge in [-0.2, -0.15) is 0 Å². The van der Waals surface area contributed by atoms with Crippen LogP contribution in [0.5, 0.6) is 0 Å². The average Bonchev–Trinajstić information content (AvgIpc) is 2.35. The first-order valence-corrected chi connectivity index (χ1v) is 6.72. The number of carbonyl (C=O) groups excluding carboxylic acids is 2. The molecule has 96 valence electrons. The van der Waals surface area contributed by atoms with Crippen molar-refractivity contribution >= 4 is 11.8 Å². The lowest BCUT2D eigenvalue weighted by atomic mass is 9.82. The van der Waals surface area contributed by atoms with E-state index in [9.17, 15) is 9.59 Å². The summed E-state index contributed by atoms with van der Waals surface area (Å²) in [5.74, 6) is 0.476. The van der Waals surface area contributed by atoms with Gasteiger partial charge in [-0.05, 0) is 25.2 Å². The van der Waals surface area contributed by atoms with Crippen molar-refractivity contribution in [3.8, 4) is 0 Å². The van der Waals surface area contributed by atoms with E-state index in [-0.39, 0.29) is 23.9 Å². The van der Waals surface area contributed by atoms with Crippen LogP contribution < -0.4 is 5.32 Å². The molecule has 1 heterocycles. The van der Waals surface area contributed by atoms with Crippen molar-refractivity contribution < 1.29 is 9.59 Å². The molecular weight excluding hydrogens is 216 g/mol. The van der Waals surface area contributed by atoms with Crippen molar-refractivity contribution in [1.29, 1.82) is 0 Å². The lowest BCUT2D eigenvalue weighted by molar-refractivity contribution is -0.150. The monoisotopic (exact) mass is 238 g/mol. The number of piperazine rings is 1. The summed E-state index contributed by atoms with van der Waals surface area (Å²) in [7, 11) is 1.78. The highest BCUT2D eigenvalue weighted by Crippen LogP contribution is 2.30. The number of nitrogens with zero attached hydrogens (tertiary/aromatic N) is 1. The van der Waals surface area contributed by atoms with Gasteiger partial charge in [0.15, 0.2) is 0 Å². The SMILES string of the molecule is CCC1NC(=O)C(C2CCCCC2)N(C)C1=O. The van der Waals surface area contributed by atoms with Gasteiger partial charge >= 0.3 is 0 Å². The molecule has 0 bridgehead atoms. The summed E-state index contributed by atoms with van der Waals surface area (Å²) in [5.41, 5.74) is 0. The predicted octanol–water partition coefficient (Wildman–Crippen LogP) is 1.30. The Hall–Kier alpha value is -1.06. The normalized spacial score (nSPS) is 31.5. The van der Waals surface area contributed by atoms with Crippen molar-refractivity contribution in [2.24, 2.45) is 5.92 Å². The van der Waals surface area contributed by atoms with Crippen LogP contribution in [0.25, 0.3) is 0 Å². The van der Waals surface area contributed by atoms with Crippen LogP contribution in [0.3, 0.4) is 0 Å². The average molecular weight is 238 g/mol. The summed E-state index contributed by atoms with van der Waals surface area (Å²) in [6.07, 6.45) is 6.47. The molecule has 2 amide bonds. The first-order valence-electron chi connectivity index (χ1n) is 6.72. The number of rotatable bonds is 2. The van der Waals surface area contributed by atoms with Crippen molar-refractivity contribution in [1.82, 2.24) is 10.2 Å². The van der Waals surface area contributed by atoms with Gasteiger partial charge in [0.2, 0.25) is 11.8 Å². The molecule has 2 aliphatic rings. The second kappa shape index (κ2) is 5.07. The number of amides is 2. The minimum absolute atomic E-state index is 0.0471.